The zero-order chi connectivity index (χ0) is 18.1. The third-order valence-corrected chi connectivity index (χ3v) is 4.37. The maximum absolute atomic E-state index is 10.2. The first-order valence-electron chi connectivity index (χ1n) is 8.40. The van der Waals surface area contributed by atoms with Gasteiger partial charge in [-0.25, -0.2) is 0 Å². The summed E-state index contributed by atoms with van der Waals surface area (Å²) in [6.45, 7) is 4.48. The molecule has 1 aliphatic heterocycles. The van der Waals surface area contributed by atoms with Gasteiger partial charge in [-0.2, -0.15) is 0 Å². The zero-order valence-electron chi connectivity index (χ0n) is 14.7. The lowest BCUT2D eigenvalue weighted by Crippen LogP contribution is -2.08. The van der Waals surface area contributed by atoms with Gasteiger partial charge in [0.05, 0.1) is 0 Å². The Morgan fingerprint density at radius 1 is 1.19 bits per heavy atom. The van der Waals surface area contributed by atoms with Crippen molar-refractivity contribution in [3.8, 4) is 5.75 Å². The first kappa shape index (κ1) is 16.3. The Bertz CT molecular complexity index is 1010. The number of ether oxygens (including phenoxy) is 2. The summed E-state index contributed by atoms with van der Waals surface area (Å²) in [7, 11) is 0. The Kier molecular flexibility index (Phi) is 4.13. The lowest BCUT2D eigenvalue weighted by atomic mass is 10.1. The monoisotopic (exact) mass is 349 g/mol. The topological polar surface area (TPSA) is 64.7 Å². The Hall–Kier alpha value is -3.21. The number of pyridine rings is 1. The minimum absolute atomic E-state index is 0.271. The Morgan fingerprint density at radius 3 is 2.88 bits per heavy atom. The van der Waals surface area contributed by atoms with E-state index in [4.69, 9.17) is 13.9 Å². The van der Waals surface area contributed by atoms with Crippen LogP contribution in [0.4, 0.5) is 0 Å². The van der Waals surface area contributed by atoms with Crippen molar-refractivity contribution in [2.45, 2.75) is 20.5 Å². The smallest absolute Gasteiger partial charge is 0.170 e. The fourth-order valence-corrected chi connectivity index (χ4v) is 2.91. The van der Waals surface area contributed by atoms with Gasteiger partial charge in [-0.1, -0.05) is 6.07 Å². The number of furan rings is 1. The number of hydrogen-bond acceptors (Lipinski definition) is 5. The van der Waals surface area contributed by atoms with Crippen molar-refractivity contribution in [1.29, 1.82) is 0 Å². The molecular weight excluding hydrogens is 330 g/mol. The van der Waals surface area contributed by atoms with Crippen LogP contribution in [0.15, 0.2) is 70.1 Å². The lowest BCUT2D eigenvalue weighted by molar-refractivity contribution is 0.272. The second-order valence-corrected chi connectivity index (χ2v) is 6.33. The van der Waals surface area contributed by atoms with Crippen LogP contribution >= 0.6 is 0 Å². The van der Waals surface area contributed by atoms with E-state index in [1.807, 2.05) is 50.2 Å². The highest BCUT2D eigenvalue weighted by Gasteiger charge is 2.21. The SMILES string of the molecule is CC1=C(O)C(C)=C(c2cc3cc(OCc4cccnc4)ccc3o2)OC1. The van der Waals surface area contributed by atoms with E-state index in [1.165, 1.54) is 0 Å². The highest BCUT2D eigenvalue weighted by Crippen LogP contribution is 2.34. The van der Waals surface area contributed by atoms with Crippen LogP contribution in [0.3, 0.4) is 0 Å². The minimum atomic E-state index is 0.271. The molecule has 5 heteroatoms. The molecule has 26 heavy (non-hydrogen) atoms. The quantitative estimate of drug-likeness (QED) is 0.718. The van der Waals surface area contributed by atoms with Gasteiger partial charge in [-0.15, -0.1) is 0 Å². The van der Waals surface area contributed by atoms with E-state index >= 15 is 0 Å². The summed E-state index contributed by atoms with van der Waals surface area (Å²) in [6.07, 6.45) is 3.52. The third-order valence-electron chi connectivity index (χ3n) is 4.37. The lowest BCUT2D eigenvalue weighted by Gasteiger charge is -2.18. The van der Waals surface area contributed by atoms with E-state index in [-0.39, 0.29) is 5.76 Å². The van der Waals surface area contributed by atoms with Crippen LogP contribution in [0.5, 0.6) is 5.75 Å². The summed E-state index contributed by atoms with van der Waals surface area (Å²) in [5.41, 5.74) is 3.24. The van der Waals surface area contributed by atoms with Gasteiger partial charge in [0.1, 0.15) is 30.3 Å². The van der Waals surface area contributed by atoms with Gasteiger partial charge in [0, 0.05) is 34.5 Å². The average molecular weight is 349 g/mol. The van der Waals surface area contributed by atoms with Gasteiger partial charge in [-0.3, -0.25) is 4.98 Å². The minimum Gasteiger partial charge on any atom is -0.507 e. The standard InChI is InChI=1S/C21H19NO4/c1-13-11-25-21(14(2)20(13)23)19-9-16-8-17(5-6-18(16)26-19)24-12-15-4-3-7-22-10-15/h3-10,23H,11-12H2,1-2H3. The molecule has 5 nitrogen and oxygen atoms in total. The van der Waals surface area contributed by atoms with Gasteiger partial charge in [0.15, 0.2) is 11.5 Å². The maximum Gasteiger partial charge on any atom is 0.170 e. The van der Waals surface area contributed by atoms with Crippen molar-refractivity contribution in [2.75, 3.05) is 6.61 Å². The molecule has 132 valence electrons. The molecule has 0 bridgehead atoms. The van der Waals surface area contributed by atoms with Gasteiger partial charge < -0.3 is 19.0 Å². The molecule has 3 aromatic rings. The predicted octanol–water partition coefficient (Wildman–Crippen LogP) is 5.00. The van der Waals surface area contributed by atoms with Crippen molar-refractivity contribution in [1.82, 2.24) is 4.98 Å². The van der Waals surface area contributed by atoms with E-state index < -0.39 is 0 Å². The largest absolute Gasteiger partial charge is 0.507 e. The molecule has 0 fully saturated rings. The Balaban J connectivity index is 1.60. The highest BCUT2D eigenvalue weighted by molar-refractivity contribution is 5.83. The first-order chi connectivity index (χ1) is 12.6. The van der Waals surface area contributed by atoms with Crippen molar-refractivity contribution >= 4 is 16.7 Å². The second-order valence-electron chi connectivity index (χ2n) is 6.33. The van der Waals surface area contributed by atoms with Gasteiger partial charge in [0.2, 0.25) is 0 Å². The normalized spacial score (nSPS) is 14.7. The first-order valence-corrected chi connectivity index (χ1v) is 8.40. The van der Waals surface area contributed by atoms with Crippen LogP contribution in [-0.4, -0.2) is 16.7 Å². The Morgan fingerprint density at radius 2 is 2.08 bits per heavy atom. The summed E-state index contributed by atoms with van der Waals surface area (Å²) >= 11 is 0. The fraction of sp³-hybridized carbons (Fsp3) is 0.190. The number of nitrogens with zero attached hydrogens (tertiary/aromatic N) is 1. The average Bonchev–Trinajstić information content (AvgIpc) is 3.08. The van der Waals surface area contributed by atoms with Crippen LogP contribution in [0.2, 0.25) is 0 Å². The van der Waals surface area contributed by atoms with Crippen molar-refractivity contribution in [3.63, 3.8) is 0 Å². The van der Waals surface area contributed by atoms with Crippen molar-refractivity contribution < 1.29 is 19.0 Å². The molecule has 1 N–H and O–H groups in total. The van der Waals surface area contributed by atoms with E-state index in [1.54, 1.807) is 12.4 Å². The molecule has 0 atom stereocenters. The molecule has 0 radical (unpaired) electrons. The van der Waals surface area contributed by atoms with Crippen LogP contribution in [0.25, 0.3) is 16.7 Å². The number of fused-ring (bicyclic) bond motifs is 1. The van der Waals surface area contributed by atoms with Crippen LogP contribution in [0, 0.1) is 0 Å². The van der Waals surface area contributed by atoms with E-state index in [9.17, 15) is 5.11 Å². The van der Waals surface area contributed by atoms with Gasteiger partial charge in [0.25, 0.3) is 0 Å². The molecule has 4 rings (SSSR count). The summed E-state index contributed by atoms with van der Waals surface area (Å²) in [4.78, 5) is 4.08. The number of benzene rings is 1. The molecule has 0 spiro atoms. The molecule has 1 aromatic carbocycles. The predicted molar refractivity (Wildman–Crippen MR) is 98.7 cm³/mol. The van der Waals surface area contributed by atoms with Crippen LogP contribution in [0.1, 0.15) is 25.2 Å². The van der Waals surface area contributed by atoms with Crippen LogP contribution in [-0.2, 0) is 11.3 Å². The van der Waals surface area contributed by atoms with Crippen molar-refractivity contribution in [2.24, 2.45) is 0 Å². The van der Waals surface area contributed by atoms with E-state index in [0.29, 0.717) is 30.3 Å². The number of allylic oxidation sites excluding steroid dienone is 1. The maximum atomic E-state index is 10.2. The molecule has 0 saturated heterocycles. The van der Waals surface area contributed by atoms with E-state index in [0.717, 1.165) is 27.9 Å². The van der Waals surface area contributed by atoms with Gasteiger partial charge >= 0.3 is 0 Å². The number of aliphatic hydroxyl groups is 1. The number of hydrogen-bond donors (Lipinski definition) is 1. The summed E-state index contributed by atoms with van der Waals surface area (Å²) < 4.78 is 17.5. The number of rotatable bonds is 4. The molecule has 0 saturated carbocycles. The second kappa shape index (κ2) is 6.59. The number of aliphatic hydroxyl groups excluding tert-OH is 1. The summed E-state index contributed by atoms with van der Waals surface area (Å²) in [6, 6.07) is 11.4. The van der Waals surface area contributed by atoms with Crippen molar-refractivity contribution in [3.05, 3.63) is 77.0 Å². The number of aromatic nitrogens is 1. The molecular formula is C21H19NO4. The Labute approximate surface area is 151 Å². The fourth-order valence-electron chi connectivity index (χ4n) is 2.91. The molecule has 0 aliphatic carbocycles. The molecule has 0 amide bonds. The molecule has 0 unspecified atom stereocenters. The zero-order valence-corrected chi connectivity index (χ0v) is 14.7. The third kappa shape index (κ3) is 3.04. The van der Waals surface area contributed by atoms with E-state index in [2.05, 4.69) is 4.98 Å². The molecule has 1 aliphatic rings. The van der Waals surface area contributed by atoms with Crippen LogP contribution < -0.4 is 4.74 Å². The molecule has 3 heterocycles. The summed E-state index contributed by atoms with van der Waals surface area (Å²) in [5.74, 6) is 2.19. The van der Waals surface area contributed by atoms with Gasteiger partial charge in [-0.05, 0) is 44.2 Å². The molecule has 2 aromatic heterocycles. The summed E-state index contributed by atoms with van der Waals surface area (Å²) in [5, 5.41) is 11.1. The highest BCUT2D eigenvalue weighted by atomic mass is 16.5.